The normalized spacial score (nSPS) is 15.0. The minimum absolute atomic E-state index is 0.0649. The van der Waals surface area contributed by atoms with Crippen molar-refractivity contribution in [1.29, 1.82) is 0 Å². The maximum absolute atomic E-state index is 12.8. The van der Waals surface area contributed by atoms with Crippen molar-refractivity contribution in [2.75, 3.05) is 0 Å². The van der Waals surface area contributed by atoms with E-state index in [1.165, 1.54) is 24.5 Å². The minimum atomic E-state index is -4.76. The van der Waals surface area contributed by atoms with Crippen molar-refractivity contribution in [2.45, 2.75) is 24.9 Å². The molecule has 21 heavy (non-hydrogen) atoms. The Morgan fingerprint density at radius 1 is 1.14 bits per heavy atom. The fraction of sp³-hybridized carbons (Fsp3) is 0.308. The Kier molecular flexibility index (Phi) is 4.29. The van der Waals surface area contributed by atoms with Gasteiger partial charge in [-0.05, 0) is 17.7 Å². The molecule has 1 aromatic heterocycles. The molecule has 8 heteroatoms. The average Bonchev–Trinajstić information content (AvgIpc) is 2.86. The summed E-state index contributed by atoms with van der Waals surface area (Å²) < 4.78 is 50.9. The molecule has 4 nitrogen and oxygen atoms in total. The van der Waals surface area contributed by atoms with E-state index >= 15 is 0 Å². The van der Waals surface area contributed by atoms with Crippen LogP contribution in [-0.2, 0) is 6.54 Å². The van der Waals surface area contributed by atoms with Gasteiger partial charge in [-0.25, -0.2) is 9.37 Å². The van der Waals surface area contributed by atoms with Crippen LogP contribution in [0.25, 0.3) is 0 Å². The van der Waals surface area contributed by atoms with Gasteiger partial charge in [0.05, 0.1) is 6.54 Å². The first-order chi connectivity index (χ1) is 9.79. The molecule has 0 radical (unpaired) electrons. The van der Waals surface area contributed by atoms with Gasteiger partial charge >= 0.3 is 6.18 Å². The molecule has 0 unspecified atom stereocenters. The second-order valence-electron chi connectivity index (χ2n) is 4.45. The van der Waals surface area contributed by atoms with Gasteiger partial charge in [-0.2, -0.15) is 13.2 Å². The van der Waals surface area contributed by atoms with E-state index in [2.05, 4.69) is 4.98 Å². The van der Waals surface area contributed by atoms with Crippen LogP contribution in [0.5, 0.6) is 0 Å². The fourth-order valence-electron chi connectivity index (χ4n) is 1.81. The molecule has 0 aliphatic carbocycles. The Hall–Kier alpha value is -1.93. The Bertz CT molecular complexity index is 595. The van der Waals surface area contributed by atoms with E-state index in [0.29, 0.717) is 0 Å². The largest absolute Gasteiger partial charge is 0.416 e. The number of aromatic nitrogens is 2. The number of hydrogen-bond donors (Lipinski definition) is 2. The molecule has 2 aromatic rings. The highest BCUT2D eigenvalue weighted by atomic mass is 19.4. The molecule has 0 aliphatic rings. The van der Waals surface area contributed by atoms with Crippen LogP contribution in [0.15, 0.2) is 36.7 Å². The van der Waals surface area contributed by atoms with Crippen LogP contribution in [-0.4, -0.2) is 32.0 Å². The summed E-state index contributed by atoms with van der Waals surface area (Å²) in [5, 5.41) is 19.2. The number of hydrogen-bond acceptors (Lipinski definition) is 3. The van der Waals surface area contributed by atoms with Crippen LogP contribution >= 0.6 is 0 Å². The number of nitrogens with zero attached hydrogens (tertiary/aromatic N) is 2. The predicted molar refractivity (Wildman–Crippen MR) is 64.8 cm³/mol. The molecule has 0 bridgehead atoms. The van der Waals surface area contributed by atoms with Crippen molar-refractivity contribution in [3.8, 4) is 0 Å². The molecule has 0 amide bonds. The van der Waals surface area contributed by atoms with Crippen LogP contribution < -0.4 is 0 Å². The maximum Gasteiger partial charge on any atom is 0.416 e. The molecule has 0 spiro atoms. The first-order valence-corrected chi connectivity index (χ1v) is 5.98. The molecule has 2 N–H and O–H groups in total. The van der Waals surface area contributed by atoms with Gasteiger partial charge in [0.2, 0.25) is 0 Å². The molecule has 0 saturated carbocycles. The van der Waals surface area contributed by atoms with Gasteiger partial charge in [0.25, 0.3) is 0 Å². The van der Waals surface area contributed by atoms with Crippen molar-refractivity contribution >= 4 is 0 Å². The number of rotatable bonds is 4. The molecule has 0 fully saturated rings. The zero-order valence-electron chi connectivity index (χ0n) is 10.6. The van der Waals surface area contributed by atoms with Crippen LogP contribution in [0.2, 0.25) is 0 Å². The third-order valence-electron chi connectivity index (χ3n) is 2.93. The Morgan fingerprint density at radius 2 is 1.76 bits per heavy atom. The van der Waals surface area contributed by atoms with Crippen LogP contribution in [0, 0.1) is 5.82 Å². The van der Waals surface area contributed by atoms with Crippen LogP contribution in [0.3, 0.4) is 0 Å². The minimum Gasteiger partial charge on any atom is -0.382 e. The van der Waals surface area contributed by atoms with Gasteiger partial charge in [-0.15, -0.1) is 0 Å². The molecule has 2 rings (SSSR count). The Balaban J connectivity index is 2.21. The van der Waals surface area contributed by atoms with E-state index < -0.39 is 30.7 Å². The number of benzene rings is 1. The summed E-state index contributed by atoms with van der Waals surface area (Å²) in [4.78, 5) is 3.79. The highest BCUT2D eigenvalue weighted by Gasteiger charge is 2.38. The lowest BCUT2D eigenvalue weighted by Crippen LogP contribution is -2.33. The fourth-order valence-corrected chi connectivity index (χ4v) is 1.81. The van der Waals surface area contributed by atoms with E-state index in [0.717, 1.165) is 16.7 Å². The summed E-state index contributed by atoms with van der Waals surface area (Å²) in [7, 11) is 0. The maximum atomic E-state index is 12.8. The van der Waals surface area contributed by atoms with Crippen LogP contribution in [0.1, 0.15) is 17.5 Å². The summed E-state index contributed by atoms with van der Waals surface area (Å²) in [5.74, 6) is -0.563. The number of imidazole rings is 1. The van der Waals surface area contributed by atoms with Crippen molar-refractivity contribution in [3.05, 3.63) is 53.9 Å². The van der Waals surface area contributed by atoms with Crippen molar-refractivity contribution < 1.29 is 27.8 Å². The smallest absolute Gasteiger partial charge is 0.382 e. The van der Waals surface area contributed by atoms with E-state index in [1.807, 2.05) is 0 Å². The molecule has 114 valence electrons. The Morgan fingerprint density at radius 3 is 2.33 bits per heavy atom. The Labute approximate surface area is 117 Å². The zero-order chi connectivity index (χ0) is 15.6. The highest BCUT2D eigenvalue weighted by Crippen LogP contribution is 2.24. The van der Waals surface area contributed by atoms with Gasteiger partial charge in [-0.1, -0.05) is 12.1 Å². The van der Waals surface area contributed by atoms with E-state index in [4.69, 9.17) is 5.11 Å². The van der Waals surface area contributed by atoms with E-state index in [-0.39, 0.29) is 11.4 Å². The SMILES string of the molecule is O[C@H](c1ccc(F)cc1)c1nccn1C[C@H](O)C(F)(F)F. The monoisotopic (exact) mass is 304 g/mol. The number of halogens is 4. The van der Waals surface area contributed by atoms with E-state index in [1.54, 1.807) is 0 Å². The number of alkyl halides is 3. The lowest BCUT2D eigenvalue weighted by Gasteiger charge is -2.18. The summed E-state index contributed by atoms with van der Waals surface area (Å²) in [6.07, 6.45) is -6.21. The van der Waals surface area contributed by atoms with Gasteiger partial charge in [-0.3, -0.25) is 0 Å². The first-order valence-electron chi connectivity index (χ1n) is 5.98. The molecule has 1 heterocycles. The van der Waals surface area contributed by atoms with Gasteiger partial charge in [0, 0.05) is 12.4 Å². The number of aliphatic hydroxyl groups is 2. The third kappa shape index (κ3) is 3.59. The standard InChI is InChI=1S/C13H12F4N2O2/c14-9-3-1-8(2-4-9)11(21)12-18-5-6-19(12)7-10(20)13(15,16)17/h1-6,10-11,20-21H,7H2/t10-,11+/m0/s1. The molecular formula is C13H12F4N2O2. The van der Waals surface area contributed by atoms with Crippen molar-refractivity contribution in [3.63, 3.8) is 0 Å². The quantitative estimate of drug-likeness (QED) is 0.850. The summed E-state index contributed by atoms with van der Waals surface area (Å²) in [6, 6.07) is 4.85. The summed E-state index contributed by atoms with van der Waals surface area (Å²) in [6.45, 7) is -0.781. The third-order valence-corrected chi connectivity index (χ3v) is 2.93. The topological polar surface area (TPSA) is 58.3 Å². The first kappa shape index (κ1) is 15.5. The van der Waals surface area contributed by atoms with Gasteiger partial charge in [0.15, 0.2) is 6.10 Å². The number of aliphatic hydroxyl groups excluding tert-OH is 2. The van der Waals surface area contributed by atoms with Crippen molar-refractivity contribution in [2.24, 2.45) is 0 Å². The van der Waals surface area contributed by atoms with Gasteiger partial charge in [0.1, 0.15) is 17.7 Å². The molecule has 0 aliphatic heterocycles. The second kappa shape index (κ2) is 5.82. The zero-order valence-corrected chi connectivity index (χ0v) is 10.6. The lowest BCUT2D eigenvalue weighted by atomic mass is 10.1. The molecule has 0 saturated heterocycles. The molecule has 1 aromatic carbocycles. The summed E-state index contributed by atoms with van der Waals surface area (Å²) in [5.41, 5.74) is 0.283. The van der Waals surface area contributed by atoms with E-state index in [9.17, 15) is 22.7 Å². The predicted octanol–water partition coefficient (Wildman–Crippen LogP) is 2.03. The van der Waals surface area contributed by atoms with Crippen molar-refractivity contribution in [1.82, 2.24) is 9.55 Å². The second-order valence-corrected chi connectivity index (χ2v) is 4.45. The summed E-state index contributed by atoms with van der Waals surface area (Å²) >= 11 is 0. The van der Waals surface area contributed by atoms with Crippen LogP contribution in [0.4, 0.5) is 17.6 Å². The van der Waals surface area contributed by atoms with Gasteiger partial charge < -0.3 is 14.8 Å². The highest BCUT2D eigenvalue weighted by molar-refractivity contribution is 5.23. The molecule has 2 atom stereocenters. The lowest BCUT2D eigenvalue weighted by molar-refractivity contribution is -0.207. The molecular weight excluding hydrogens is 292 g/mol. The average molecular weight is 304 g/mol.